The Kier molecular flexibility index (Phi) is 4.64. The molecule has 1 nitrogen and oxygen atoms in total. The fourth-order valence-electron chi connectivity index (χ4n) is 1.24. The summed E-state index contributed by atoms with van der Waals surface area (Å²) in [5, 5.41) is 0.786. The summed E-state index contributed by atoms with van der Waals surface area (Å²) in [6.45, 7) is 0. The van der Waals surface area contributed by atoms with Gasteiger partial charge in [0.15, 0.2) is 0 Å². The van der Waals surface area contributed by atoms with Gasteiger partial charge >= 0.3 is 0 Å². The summed E-state index contributed by atoms with van der Waals surface area (Å²) in [5.74, 6) is 0.993. The van der Waals surface area contributed by atoms with Gasteiger partial charge in [-0.3, -0.25) is 0 Å². The molecule has 1 rings (SSSR count). The SMILES string of the molecule is CSCC(N)Cc1cccc(Cl)c1. The lowest BCUT2D eigenvalue weighted by Crippen LogP contribution is -2.25. The van der Waals surface area contributed by atoms with Gasteiger partial charge in [0.2, 0.25) is 0 Å². The van der Waals surface area contributed by atoms with E-state index in [1.165, 1.54) is 5.56 Å². The van der Waals surface area contributed by atoms with Crippen LogP contribution in [0.5, 0.6) is 0 Å². The van der Waals surface area contributed by atoms with Crippen LogP contribution in [-0.4, -0.2) is 18.1 Å². The third kappa shape index (κ3) is 4.03. The molecule has 1 unspecified atom stereocenters. The average molecular weight is 216 g/mol. The highest BCUT2D eigenvalue weighted by Gasteiger charge is 2.02. The van der Waals surface area contributed by atoms with Crippen molar-refractivity contribution < 1.29 is 0 Å². The molecule has 0 radical (unpaired) electrons. The van der Waals surface area contributed by atoms with Crippen molar-refractivity contribution in [3.63, 3.8) is 0 Å². The van der Waals surface area contributed by atoms with Crippen LogP contribution in [0.25, 0.3) is 0 Å². The molecule has 72 valence electrons. The number of rotatable bonds is 4. The van der Waals surface area contributed by atoms with Crippen molar-refractivity contribution in [2.75, 3.05) is 12.0 Å². The molecule has 0 saturated heterocycles. The van der Waals surface area contributed by atoms with Crippen LogP contribution in [0.1, 0.15) is 5.56 Å². The van der Waals surface area contributed by atoms with Gasteiger partial charge in [0.1, 0.15) is 0 Å². The minimum absolute atomic E-state index is 0.230. The van der Waals surface area contributed by atoms with Gasteiger partial charge in [-0.25, -0.2) is 0 Å². The fourth-order valence-corrected chi connectivity index (χ4v) is 2.00. The molecule has 1 aromatic carbocycles. The zero-order valence-electron chi connectivity index (χ0n) is 7.66. The van der Waals surface area contributed by atoms with Gasteiger partial charge in [0.05, 0.1) is 0 Å². The van der Waals surface area contributed by atoms with Gasteiger partial charge in [-0.15, -0.1) is 0 Å². The van der Waals surface area contributed by atoms with E-state index in [4.69, 9.17) is 17.3 Å². The third-order valence-corrected chi connectivity index (χ3v) is 2.76. The molecule has 0 bridgehead atoms. The van der Waals surface area contributed by atoms with E-state index in [1.54, 1.807) is 11.8 Å². The molecule has 0 amide bonds. The second kappa shape index (κ2) is 5.53. The Hall–Kier alpha value is -0.180. The quantitative estimate of drug-likeness (QED) is 0.836. The van der Waals surface area contributed by atoms with Crippen LogP contribution in [-0.2, 0) is 6.42 Å². The van der Waals surface area contributed by atoms with E-state index in [1.807, 2.05) is 18.2 Å². The molecule has 0 fully saturated rings. The third-order valence-electron chi connectivity index (χ3n) is 1.77. The second-order valence-electron chi connectivity index (χ2n) is 3.05. The minimum Gasteiger partial charge on any atom is -0.327 e. The molecule has 0 aliphatic heterocycles. The first kappa shape index (κ1) is 10.9. The van der Waals surface area contributed by atoms with Crippen LogP contribution in [0.3, 0.4) is 0 Å². The Labute approximate surface area is 88.7 Å². The van der Waals surface area contributed by atoms with E-state index in [0.29, 0.717) is 0 Å². The Balaban J connectivity index is 2.53. The molecule has 0 aliphatic rings. The summed E-state index contributed by atoms with van der Waals surface area (Å²) in [6, 6.07) is 8.11. The van der Waals surface area contributed by atoms with Crippen molar-refractivity contribution in [3.05, 3.63) is 34.9 Å². The van der Waals surface area contributed by atoms with Crippen molar-refractivity contribution in [1.29, 1.82) is 0 Å². The molecule has 0 aromatic heterocycles. The number of hydrogen-bond donors (Lipinski definition) is 1. The Morgan fingerprint density at radius 1 is 1.54 bits per heavy atom. The van der Waals surface area contributed by atoms with E-state index >= 15 is 0 Å². The summed E-state index contributed by atoms with van der Waals surface area (Å²) in [6.07, 6.45) is 2.97. The highest BCUT2D eigenvalue weighted by atomic mass is 35.5. The van der Waals surface area contributed by atoms with Crippen LogP contribution in [0, 0.1) is 0 Å². The Morgan fingerprint density at radius 3 is 2.92 bits per heavy atom. The standard InChI is InChI=1S/C10H14ClNS/c1-13-7-10(12)6-8-3-2-4-9(11)5-8/h2-5,10H,6-7,12H2,1H3. The van der Waals surface area contributed by atoms with Gasteiger partial charge in [0.25, 0.3) is 0 Å². The minimum atomic E-state index is 0.230. The molecule has 0 spiro atoms. The summed E-state index contributed by atoms with van der Waals surface area (Å²) < 4.78 is 0. The zero-order chi connectivity index (χ0) is 9.68. The van der Waals surface area contributed by atoms with E-state index in [-0.39, 0.29) is 6.04 Å². The number of halogens is 1. The number of benzene rings is 1. The van der Waals surface area contributed by atoms with Gasteiger partial charge < -0.3 is 5.73 Å². The molecular formula is C10H14ClNS. The Bertz CT molecular complexity index is 265. The average Bonchev–Trinajstić information content (AvgIpc) is 2.04. The molecular weight excluding hydrogens is 202 g/mol. The van der Waals surface area contributed by atoms with Crippen molar-refractivity contribution in [2.24, 2.45) is 5.73 Å². The summed E-state index contributed by atoms with van der Waals surface area (Å²) >= 11 is 7.63. The van der Waals surface area contributed by atoms with Crippen LogP contribution >= 0.6 is 23.4 Å². The highest BCUT2D eigenvalue weighted by Crippen LogP contribution is 2.12. The molecule has 13 heavy (non-hydrogen) atoms. The van der Waals surface area contributed by atoms with E-state index < -0.39 is 0 Å². The predicted octanol–water partition coefficient (Wildman–Crippen LogP) is 2.57. The van der Waals surface area contributed by atoms with Gasteiger partial charge in [-0.2, -0.15) is 11.8 Å². The molecule has 0 heterocycles. The molecule has 0 aliphatic carbocycles. The number of nitrogens with two attached hydrogens (primary N) is 1. The predicted molar refractivity (Wildman–Crippen MR) is 61.5 cm³/mol. The number of thioether (sulfide) groups is 1. The lowest BCUT2D eigenvalue weighted by molar-refractivity contribution is 0.749. The molecule has 1 aromatic rings. The molecule has 2 N–H and O–H groups in total. The van der Waals surface area contributed by atoms with Crippen molar-refractivity contribution >= 4 is 23.4 Å². The van der Waals surface area contributed by atoms with Crippen molar-refractivity contribution in [1.82, 2.24) is 0 Å². The van der Waals surface area contributed by atoms with Gasteiger partial charge in [-0.1, -0.05) is 23.7 Å². The van der Waals surface area contributed by atoms with E-state index in [9.17, 15) is 0 Å². The maximum absolute atomic E-state index is 5.90. The first-order chi connectivity index (χ1) is 6.22. The molecule has 3 heteroatoms. The monoisotopic (exact) mass is 215 g/mol. The first-order valence-corrected chi connectivity index (χ1v) is 5.98. The molecule has 1 atom stereocenters. The first-order valence-electron chi connectivity index (χ1n) is 4.21. The molecule has 0 saturated carbocycles. The fraction of sp³-hybridized carbons (Fsp3) is 0.400. The largest absolute Gasteiger partial charge is 0.327 e. The smallest absolute Gasteiger partial charge is 0.0408 e. The number of hydrogen-bond acceptors (Lipinski definition) is 2. The van der Waals surface area contributed by atoms with Crippen molar-refractivity contribution in [2.45, 2.75) is 12.5 Å². The second-order valence-corrected chi connectivity index (χ2v) is 4.40. The van der Waals surface area contributed by atoms with E-state index in [2.05, 4.69) is 12.3 Å². The lowest BCUT2D eigenvalue weighted by atomic mass is 10.1. The maximum Gasteiger partial charge on any atom is 0.0408 e. The van der Waals surface area contributed by atoms with Gasteiger partial charge in [0, 0.05) is 16.8 Å². The topological polar surface area (TPSA) is 26.0 Å². The highest BCUT2D eigenvalue weighted by molar-refractivity contribution is 7.98. The van der Waals surface area contributed by atoms with Crippen LogP contribution in [0.4, 0.5) is 0 Å². The maximum atomic E-state index is 5.90. The lowest BCUT2D eigenvalue weighted by Gasteiger charge is -2.09. The van der Waals surface area contributed by atoms with Crippen LogP contribution in [0.15, 0.2) is 24.3 Å². The van der Waals surface area contributed by atoms with Crippen molar-refractivity contribution in [3.8, 4) is 0 Å². The van der Waals surface area contributed by atoms with Crippen LogP contribution in [0.2, 0.25) is 5.02 Å². The zero-order valence-corrected chi connectivity index (χ0v) is 9.24. The van der Waals surface area contributed by atoms with Gasteiger partial charge in [-0.05, 0) is 30.4 Å². The van der Waals surface area contributed by atoms with E-state index in [0.717, 1.165) is 17.2 Å². The Morgan fingerprint density at radius 2 is 2.31 bits per heavy atom. The summed E-state index contributed by atoms with van der Waals surface area (Å²) in [5.41, 5.74) is 7.12. The van der Waals surface area contributed by atoms with Crippen LogP contribution < -0.4 is 5.73 Å². The normalized spacial score (nSPS) is 12.8. The summed E-state index contributed by atoms with van der Waals surface area (Å²) in [7, 11) is 0. The summed E-state index contributed by atoms with van der Waals surface area (Å²) in [4.78, 5) is 0.